The Morgan fingerprint density at radius 3 is 2.32 bits per heavy atom. The van der Waals surface area contributed by atoms with Crippen molar-refractivity contribution in [2.24, 2.45) is 5.92 Å². The van der Waals surface area contributed by atoms with Gasteiger partial charge in [-0.1, -0.05) is 17.7 Å². The number of ether oxygens (including phenoxy) is 2. The zero-order valence-corrected chi connectivity index (χ0v) is 21.2. The van der Waals surface area contributed by atoms with Crippen LogP contribution in [0.4, 0.5) is 0 Å². The zero-order valence-electron chi connectivity index (χ0n) is 20.4. The molecule has 0 spiro atoms. The number of methoxy groups -OCH3 is 2. The molecule has 1 unspecified atom stereocenters. The van der Waals surface area contributed by atoms with Crippen molar-refractivity contribution in [2.45, 2.75) is 50.5 Å². The van der Waals surface area contributed by atoms with Crippen molar-refractivity contribution >= 4 is 15.9 Å². The van der Waals surface area contributed by atoms with Crippen molar-refractivity contribution in [3.05, 3.63) is 53.1 Å². The maximum Gasteiger partial charge on any atom is 0.243 e. The van der Waals surface area contributed by atoms with Gasteiger partial charge in [-0.15, -0.1) is 0 Å². The van der Waals surface area contributed by atoms with Gasteiger partial charge in [-0.2, -0.15) is 4.31 Å². The van der Waals surface area contributed by atoms with Gasteiger partial charge in [-0.25, -0.2) is 8.42 Å². The van der Waals surface area contributed by atoms with E-state index < -0.39 is 10.0 Å². The fourth-order valence-corrected chi connectivity index (χ4v) is 6.93. The van der Waals surface area contributed by atoms with Crippen LogP contribution < -0.4 is 9.47 Å². The Bertz CT molecular complexity index is 1160. The first-order valence-corrected chi connectivity index (χ1v) is 13.3. The SMILES string of the molecule is COc1ccc(OC)c(C2CCCN2C(=O)C2CCN(S(=O)(=O)c3ccc(C)cc3C)CC2)c1. The van der Waals surface area contributed by atoms with Gasteiger partial charge in [0.05, 0.1) is 25.2 Å². The number of sulfonamides is 1. The molecule has 2 fully saturated rings. The van der Waals surface area contributed by atoms with Crippen molar-refractivity contribution in [2.75, 3.05) is 33.9 Å². The van der Waals surface area contributed by atoms with Gasteiger partial charge in [0.2, 0.25) is 15.9 Å². The Morgan fingerprint density at radius 2 is 1.68 bits per heavy atom. The molecule has 0 radical (unpaired) electrons. The van der Waals surface area contributed by atoms with Crippen molar-refractivity contribution in [3.63, 3.8) is 0 Å². The van der Waals surface area contributed by atoms with Crippen LogP contribution in [0, 0.1) is 19.8 Å². The number of nitrogens with zero attached hydrogens (tertiary/aromatic N) is 2. The van der Waals surface area contributed by atoms with Crippen LogP contribution in [0.2, 0.25) is 0 Å². The number of carbonyl (C=O) groups excluding carboxylic acids is 1. The molecular formula is C26H34N2O5S. The van der Waals surface area contributed by atoms with E-state index in [1.165, 1.54) is 4.31 Å². The highest BCUT2D eigenvalue weighted by molar-refractivity contribution is 7.89. The van der Waals surface area contributed by atoms with Crippen LogP contribution in [0.3, 0.4) is 0 Å². The highest BCUT2D eigenvalue weighted by Gasteiger charge is 2.38. The van der Waals surface area contributed by atoms with Gasteiger partial charge in [0, 0.05) is 31.1 Å². The van der Waals surface area contributed by atoms with Gasteiger partial charge in [0.1, 0.15) is 11.5 Å². The van der Waals surface area contributed by atoms with Crippen LogP contribution in [0.5, 0.6) is 11.5 Å². The summed E-state index contributed by atoms with van der Waals surface area (Å²) in [4.78, 5) is 15.9. The average Bonchev–Trinajstić information content (AvgIpc) is 3.32. The van der Waals surface area contributed by atoms with E-state index >= 15 is 0 Å². The number of likely N-dealkylation sites (tertiary alicyclic amines) is 1. The van der Waals surface area contributed by atoms with E-state index in [2.05, 4.69) is 0 Å². The maximum absolute atomic E-state index is 13.5. The molecule has 2 aromatic rings. The largest absolute Gasteiger partial charge is 0.497 e. The lowest BCUT2D eigenvalue weighted by Crippen LogP contribution is -2.44. The molecule has 1 atom stereocenters. The monoisotopic (exact) mass is 486 g/mol. The van der Waals surface area contributed by atoms with Crippen LogP contribution in [-0.4, -0.2) is 57.4 Å². The molecule has 2 aliphatic heterocycles. The number of piperidine rings is 1. The number of carbonyl (C=O) groups is 1. The van der Waals surface area contributed by atoms with E-state index in [0.717, 1.165) is 41.0 Å². The molecule has 7 nitrogen and oxygen atoms in total. The fraction of sp³-hybridized carbons (Fsp3) is 0.500. The van der Waals surface area contributed by atoms with Gasteiger partial charge in [-0.05, 0) is 69.4 Å². The predicted molar refractivity (Wildman–Crippen MR) is 131 cm³/mol. The van der Waals surface area contributed by atoms with Crippen molar-refractivity contribution in [3.8, 4) is 11.5 Å². The van der Waals surface area contributed by atoms with E-state index in [9.17, 15) is 13.2 Å². The molecule has 0 N–H and O–H groups in total. The number of benzene rings is 2. The van der Waals surface area contributed by atoms with Crippen LogP contribution in [0.15, 0.2) is 41.3 Å². The number of hydrogen-bond donors (Lipinski definition) is 0. The third-order valence-corrected chi connectivity index (χ3v) is 9.14. The van der Waals surface area contributed by atoms with Crippen LogP contribution >= 0.6 is 0 Å². The number of hydrogen-bond acceptors (Lipinski definition) is 5. The number of amides is 1. The van der Waals surface area contributed by atoms with Crippen molar-refractivity contribution in [1.82, 2.24) is 9.21 Å². The summed E-state index contributed by atoms with van der Waals surface area (Å²) in [7, 11) is -0.305. The van der Waals surface area contributed by atoms with Gasteiger partial charge in [0.25, 0.3) is 0 Å². The molecule has 4 rings (SSSR count). The summed E-state index contributed by atoms with van der Waals surface area (Å²) >= 11 is 0. The summed E-state index contributed by atoms with van der Waals surface area (Å²) in [5.74, 6) is 1.42. The van der Waals surface area contributed by atoms with Crippen LogP contribution in [0.25, 0.3) is 0 Å². The summed E-state index contributed by atoms with van der Waals surface area (Å²) in [6.07, 6.45) is 2.86. The topological polar surface area (TPSA) is 76.2 Å². The van der Waals surface area contributed by atoms with E-state index in [0.29, 0.717) is 37.4 Å². The fourth-order valence-electron chi connectivity index (χ4n) is 5.26. The Hall–Kier alpha value is -2.58. The van der Waals surface area contributed by atoms with E-state index in [1.807, 2.05) is 49.1 Å². The van der Waals surface area contributed by atoms with E-state index in [4.69, 9.17) is 9.47 Å². The van der Waals surface area contributed by atoms with Crippen LogP contribution in [0.1, 0.15) is 48.4 Å². The van der Waals surface area contributed by atoms with Gasteiger partial charge >= 0.3 is 0 Å². The average molecular weight is 487 g/mol. The van der Waals surface area contributed by atoms with Gasteiger partial charge in [0.15, 0.2) is 0 Å². The molecule has 2 heterocycles. The first-order valence-electron chi connectivity index (χ1n) is 11.9. The second-order valence-corrected chi connectivity index (χ2v) is 11.2. The molecule has 0 aromatic heterocycles. The van der Waals surface area contributed by atoms with Gasteiger partial charge in [-0.3, -0.25) is 4.79 Å². The Balaban J connectivity index is 1.47. The molecule has 2 aromatic carbocycles. The smallest absolute Gasteiger partial charge is 0.243 e. The highest BCUT2D eigenvalue weighted by Crippen LogP contribution is 2.40. The number of aryl methyl sites for hydroxylation is 2. The third kappa shape index (κ3) is 4.66. The molecule has 2 saturated heterocycles. The first kappa shape index (κ1) is 24.5. The Labute approximate surface area is 202 Å². The molecule has 1 amide bonds. The standard InChI is InChI=1S/C26H34N2O5S/c1-18-7-10-25(19(2)16-18)34(30,31)27-14-11-20(12-15-27)26(29)28-13-5-6-23(28)22-17-21(32-3)8-9-24(22)33-4/h7-10,16-17,20,23H,5-6,11-15H2,1-4H3. The van der Waals surface area contributed by atoms with Gasteiger partial charge < -0.3 is 14.4 Å². The zero-order chi connectivity index (χ0) is 24.5. The normalized spacial score (nSPS) is 19.9. The number of rotatable bonds is 6. The molecular weight excluding hydrogens is 452 g/mol. The van der Waals surface area contributed by atoms with Crippen LogP contribution in [-0.2, 0) is 14.8 Å². The maximum atomic E-state index is 13.5. The van der Waals surface area contributed by atoms with E-state index in [1.54, 1.807) is 20.3 Å². The third-order valence-electron chi connectivity index (χ3n) is 7.08. The molecule has 184 valence electrons. The molecule has 8 heteroatoms. The summed E-state index contributed by atoms with van der Waals surface area (Å²) in [5, 5.41) is 0. The predicted octanol–water partition coefficient (Wildman–Crippen LogP) is 4.09. The minimum atomic E-state index is -3.57. The van der Waals surface area contributed by atoms with Crippen molar-refractivity contribution < 1.29 is 22.7 Å². The molecule has 34 heavy (non-hydrogen) atoms. The minimum Gasteiger partial charge on any atom is -0.497 e. The molecule has 0 bridgehead atoms. The Kier molecular flexibility index (Phi) is 7.19. The molecule has 2 aliphatic rings. The molecule has 0 saturated carbocycles. The second-order valence-electron chi connectivity index (χ2n) is 9.24. The summed E-state index contributed by atoms with van der Waals surface area (Å²) in [6, 6.07) is 11.0. The lowest BCUT2D eigenvalue weighted by molar-refractivity contribution is -0.137. The lowest BCUT2D eigenvalue weighted by atomic mass is 9.95. The minimum absolute atomic E-state index is 0.0606. The second kappa shape index (κ2) is 9.96. The van der Waals surface area contributed by atoms with Crippen molar-refractivity contribution in [1.29, 1.82) is 0 Å². The lowest BCUT2D eigenvalue weighted by Gasteiger charge is -2.35. The summed E-state index contributed by atoms with van der Waals surface area (Å²) < 4.78 is 39.0. The molecule has 0 aliphatic carbocycles. The summed E-state index contributed by atoms with van der Waals surface area (Å²) in [6.45, 7) is 5.19. The Morgan fingerprint density at radius 1 is 0.941 bits per heavy atom. The highest BCUT2D eigenvalue weighted by atomic mass is 32.2. The quantitative estimate of drug-likeness (QED) is 0.615. The summed E-state index contributed by atoms with van der Waals surface area (Å²) in [5.41, 5.74) is 2.75. The first-order chi connectivity index (χ1) is 16.3. The van der Waals surface area contributed by atoms with E-state index in [-0.39, 0.29) is 17.9 Å².